The van der Waals surface area contributed by atoms with Gasteiger partial charge in [0.15, 0.2) is 0 Å². The number of hydrogen-bond acceptors (Lipinski definition) is 4. The van der Waals surface area contributed by atoms with E-state index in [0.29, 0.717) is 17.2 Å². The zero-order chi connectivity index (χ0) is 23.0. The van der Waals surface area contributed by atoms with Crippen LogP contribution in [-0.2, 0) is 4.79 Å². The van der Waals surface area contributed by atoms with Crippen molar-refractivity contribution in [1.82, 2.24) is 15.1 Å². The number of carbonyl (C=O) groups is 2. The lowest BCUT2D eigenvalue weighted by atomic mass is 10.0. The first-order valence-corrected chi connectivity index (χ1v) is 12.9. The Balaban J connectivity index is 2.07. The summed E-state index contributed by atoms with van der Waals surface area (Å²) in [6, 6.07) is 7.37. The predicted molar refractivity (Wildman–Crippen MR) is 131 cm³/mol. The molecule has 1 aromatic rings. The van der Waals surface area contributed by atoms with Crippen molar-refractivity contribution < 1.29 is 9.59 Å². The molecule has 3 unspecified atom stereocenters. The number of aryl methyl sites for hydroxylation is 1. The van der Waals surface area contributed by atoms with Crippen molar-refractivity contribution in [3.05, 3.63) is 35.4 Å². The first-order chi connectivity index (χ1) is 14.8. The van der Waals surface area contributed by atoms with Gasteiger partial charge in [-0.05, 0) is 70.3 Å². The minimum absolute atomic E-state index is 0.0176. The van der Waals surface area contributed by atoms with Crippen molar-refractivity contribution in [3.8, 4) is 0 Å². The van der Waals surface area contributed by atoms with E-state index in [2.05, 4.69) is 44.8 Å². The van der Waals surface area contributed by atoms with Gasteiger partial charge in [-0.2, -0.15) is 0 Å². The smallest absolute Gasteiger partial charge is 0.255 e. The minimum Gasteiger partial charge on any atom is -0.352 e. The zero-order valence-electron chi connectivity index (χ0n) is 20.2. The Labute approximate surface area is 193 Å². The average Bonchev–Trinajstić information content (AvgIpc) is 3.14. The third-order valence-corrected chi connectivity index (χ3v) is 7.39. The van der Waals surface area contributed by atoms with Crippen LogP contribution in [0.4, 0.5) is 0 Å². The third-order valence-electron chi connectivity index (χ3n) is 6.07. The second-order valence-corrected chi connectivity index (χ2v) is 10.3. The Bertz CT molecular complexity index is 720. The maximum atomic E-state index is 13.5. The molecular formula is C25H41N3O2S. The second kappa shape index (κ2) is 12.5. The molecule has 1 saturated heterocycles. The minimum atomic E-state index is -0.411. The number of hydrogen-bond donors (Lipinski definition) is 1. The molecule has 0 bridgehead atoms. The summed E-state index contributed by atoms with van der Waals surface area (Å²) in [7, 11) is 0. The van der Waals surface area contributed by atoms with Crippen molar-refractivity contribution in [1.29, 1.82) is 0 Å². The van der Waals surface area contributed by atoms with Crippen molar-refractivity contribution in [2.75, 3.05) is 25.4 Å². The molecule has 174 valence electrons. The Hall–Kier alpha value is -1.53. The molecule has 0 aromatic heterocycles. The molecule has 3 atom stereocenters. The molecule has 1 aliphatic rings. The highest BCUT2D eigenvalue weighted by Crippen LogP contribution is 2.35. The van der Waals surface area contributed by atoms with E-state index in [1.54, 1.807) is 11.8 Å². The van der Waals surface area contributed by atoms with Crippen molar-refractivity contribution in [2.24, 2.45) is 5.92 Å². The summed E-state index contributed by atoms with van der Waals surface area (Å²) < 4.78 is 0. The highest BCUT2D eigenvalue weighted by Gasteiger charge is 2.42. The van der Waals surface area contributed by atoms with Crippen LogP contribution in [0.5, 0.6) is 0 Å². The number of rotatable bonds is 11. The van der Waals surface area contributed by atoms with Gasteiger partial charge >= 0.3 is 0 Å². The maximum absolute atomic E-state index is 13.5. The summed E-state index contributed by atoms with van der Waals surface area (Å²) in [6.07, 6.45) is 2.90. The molecular weight excluding hydrogens is 406 g/mol. The number of carbonyl (C=O) groups excluding carboxylic acids is 2. The molecule has 1 aliphatic heterocycles. The van der Waals surface area contributed by atoms with Gasteiger partial charge in [0.1, 0.15) is 6.04 Å². The summed E-state index contributed by atoms with van der Waals surface area (Å²) in [5.74, 6) is 1.08. The summed E-state index contributed by atoms with van der Waals surface area (Å²) in [4.78, 5) is 31.0. The molecule has 2 rings (SSSR count). The van der Waals surface area contributed by atoms with Gasteiger partial charge in [0.05, 0.1) is 5.37 Å². The lowest BCUT2D eigenvalue weighted by molar-refractivity contribution is -0.125. The monoisotopic (exact) mass is 447 g/mol. The van der Waals surface area contributed by atoms with Crippen LogP contribution in [-0.4, -0.2) is 64.5 Å². The molecule has 0 aliphatic carbocycles. The van der Waals surface area contributed by atoms with E-state index >= 15 is 0 Å². The van der Waals surface area contributed by atoms with Crippen LogP contribution in [0, 0.1) is 12.8 Å². The van der Waals surface area contributed by atoms with Gasteiger partial charge in [0.25, 0.3) is 5.91 Å². The van der Waals surface area contributed by atoms with Crippen LogP contribution in [0.3, 0.4) is 0 Å². The molecule has 1 heterocycles. The molecule has 0 saturated carbocycles. The topological polar surface area (TPSA) is 52.7 Å². The predicted octanol–water partition coefficient (Wildman–Crippen LogP) is 4.55. The highest BCUT2D eigenvalue weighted by molar-refractivity contribution is 8.00. The Morgan fingerprint density at radius 3 is 2.48 bits per heavy atom. The Morgan fingerprint density at radius 2 is 1.87 bits per heavy atom. The van der Waals surface area contributed by atoms with Crippen LogP contribution in [0.25, 0.3) is 0 Å². The lowest BCUT2D eigenvalue weighted by Crippen LogP contribution is -2.51. The van der Waals surface area contributed by atoms with Gasteiger partial charge in [0.2, 0.25) is 5.91 Å². The van der Waals surface area contributed by atoms with Gasteiger partial charge in [-0.25, -0.2) is 0 Å². The average molecular weight is 448 g/mol. The highest BCUT2D eigenvalue weighted by atomic mass is 32.2. The maximum Gasteiger partial charge on any atom is 0.255 e. The SMILES string of the molecule is CCN(CC)CCCC(C)NC(=O)C1CSC(CC(C)C)N1C(=O)c1ccccc1C. The summed E-state index contributed by atoms with van der Waals surface area (Å²) >= 11 is 1.74. The zero-order valence-corrected chi connectivity index (χ0v) is 21.0. The van der Waals surface area contributed by atoms with E-state index in [4.69, 9.17) is 0 Å². The first kappa shape index (κ1) is 25.7. The van der Waals surface area contributed by atoms with Gasteiger partial charge < -0.3 is 15.1 Å². The fourth-order valence-electron chi connectivity index (χ4n) is 4.15. The van der Waals surface area contributed by atoms with Crippen molar-refractivity contribution in [2.45, 2.75) is 78.3 Å². The molecule has 5 nitrogen and oxygen atoms in total. The molecule has 31 heavy (non-hydrogen) atoms. The van der Waals surface area contributed by atoms with Gasteiger partial charge in [0, 0.05) is 17.4 Å². The first-order valence-electron chi connectivity index (χ1n) is 11.8. The van der Waals surface area contributed by atoms with Crippen LogP contribution >= 0.6 is 11.8 Å². The standard InChI is InChI=1S/C25H41N3O2S/c1-7-27(8-2)15-11-13-20(6)26-24(29)22-17-31-23(16-18(3)4)28(22)25(30)21-14-10-9-12-19(21)5/h9-10,12,14,18,20,22-23H,7-8,11,13,15-17H2,1-6H3,(H,26,29). The third kappa shape index (κ3) is 7.25. The largest absolute Gasteiger partial charge is 0.352 e. The Kier molecular flexibility index (Phi) is 10.4. The molecule has 0 spiro atoms. The normalized spacial score (nSPS) is 19.8. The van der Waals surface area contributed by atoms with Crippen LogP contribution < -0.4 is 5.32 Å². The van der Waals surface area contributed by atoms with Gasteiger partial charge in [-0.3, -0.25) is 9.59 Å². The molecule has 1 N–H and O–H groups in total. The molecule has 6 heteroatoms. The number of benzene rings is 1. The van der Waals surface area contributed by atoms with Crippen molar-refractivity contribution in [3.63, 3.8) is 0 Å². The quantitative estimate of drug-likeness (QED) is 0.541. The summed E-state index contributed by atoms with van der Waals surface area (Å²) in [5, 5.41) is 3.23. The van der Waals surface area contributed by atoms with E-state index in [1.165, 1.54) is 0 Å². The van der Waals surface area contributed by atoms with E-state index < -0.39 is 6.04 Å². The fraction of sp³-hybridized carbons (Fsp3) is 0.680. The van der Waals surface area contributed by atoms with Crippen LogP contribution in [0.2, 0.25) is 0 Å². The number of amides is 2. The van der Waals surface area contributed by atoms with Crippen molar-refractivity contribution >= 4 is 23.6 Å². The Morgan fingerprint density at radius 1 is 1.19 bits per heavy atom. The second-order valence-electron chi connectivity index (χ2n) is 9.04. The van der Waals surface area contributed by atoms with Gasteiger partial charge in [-0.1, -0.05) is 45.9 Å². The van der Waals surface area contributed by atoms with Gasteiger partial charge in [-0.15, -0.1) is 11.8 Å². The van der Waals surface area contributed by atoms with Crippen LogP contribution in [0.1, 0.15) is 69.8 Å². The number of nitrogens with zero attached hydrogens (tertiary/aromatic N) is 2. The van der Waals surface area contributed by atoms with E-state index in [0.717, 1.165) is 44.5 Å². The van der Waals surface area contributed by atoms with Crippen LogP contribution in [0.15, 0.2) is 24.3 Å². The number of thioether (sulfide) groups is 1. The summed E-state index contributed by atoms with van der Waals surface area (Å²) in [6.45, 7) is 15.9. The van der Waals surface area contributed by atoms with E-state index in [9.17, 15) is 9.59 Å². The number of nitrogens with one attached hydrogen (secondary N) is 1. The molecule has 0 radical (unpaired) electrons. The van der Waals surface area contributed by atoms with E-state index in [1.807, 2.05) is 36.1 Å². The lowest BCUT2D eigenvalue weighted by Gasteiger charge is -2.31. The molecule has 2 amide bonds. The van der Waals surface area contributed by atoms with E-state index in [-0.39, 0.29) is 23.2 Å². The fourth-order valence-corrected chi connectivity index (χ4v) is 5.79. The molecule has 1 fully saturated rings. The summed E-state index contributed by atoms with van der Waals surface area (Å²) in [5.41, 5.74) is 1.65. The molecule has 1 aromatic carbocycles.